The van der Waals surface area contributed by atoms with Crippen molar-refractivity contribution in [2.75, 3.05) is 0 Å². The predicted molar refractivity (Wildman–Crippen MR) is 53.8 cm³/mol. The first-order valence-corrected chi connectivity index (χ1v) is 4.70. The van der Waals surface area contributed by atoms with Crippen LogP contribution in [0.15, 0.2) is 24.8 Å². The molecule has 0 unspecified atom stereocenters. The molecule has 0 bridgehead atoms. The Morgan fingerprint density at radius 2 is 1.36 bits per heavy atom. The van der Waals surface area contributed by atoms with Crippen molar-refractivity contribution in [2.45, 2.75) is 12.8 Å². The maximum Gasteiger partial charge on any atom is 0.108 e. The van der Waals surface area contributed by atoms with Gasteiger partial charge in [0.05, 0.1) is 0 Å². The number of nitrogens with zero attached hydrogens (tertiary/aromatic N) is 4. The molecule has 2 heterocycles. The van der Waals surface area contributed by atoms with Gasteiger partial charge in [-0.05, 0) is 0 Å². The SMILES string of the molecule is Cn1ccnc1CCc1nccn1C. The van der Waals surface area contributed by atoms with Crippen LogP contribution < -0.4 is 0 Å². The lowest BCUT2D eigenvalue weighted by molar-refractivity contribution is 0.718. The molecule has 4 heteroatoms. The summed E-state index contributed by atoms with van der Waals surface area (Å²) in [4.78, 5) is 8.54. The molecule has 0 aliphatic heterocycles. The minimum absolute atomic E-state index is 0.939. The molecule has 2 aromatic heterocycles. The highest BCUT2D eigenvalue weighted by molar-refractivity contribution is 4.97. The molecule has 0 atom stereocenters. The summed E-state index contributed by atoms with van der Waals surface area (Å²) in [5.74, 6) is 2.21. The van der Waals surface area contributed by atoms with E-state index < -0.39 is 0 Å². The maximum atomic E-state index is 4.27. The van der Waals surface area contributed by atoms with Gasteiger partial charge in [0.2, 0.25) is 0 Å². The third-order valence-corrected chi connectivity index (χ3v) is 2.41. The van der Waals surface area contributed by atoms with Crippen LogP contribution in [0, 0.1) is 0 Å². The molecule has 0 aliphatic rings. The van der Waals surface area contributed by atoms with Gasteiger partial charge in [-0.1, -0.05) is 0 Å². The van der Waals surface area contributed by atoms with E-state index in [-0.39, 0.29) is 0 Å². The summed E-state index contributed by atoms with van der Waals surface area (Å²) in [5, 5.41) is 0. The van der Waals surface area contributed by atoms with E-state index in [4.69, 9.17) is 0 Å². The summed E-state index contributed by atoms with van der Waals surface area (Å²) in [6.45, 7) is 0. The van der Waals surface area contributed by atoms with Crippen LogP contribution in [0.5, 0.6) is 0 Å². The third-order valence-electron chi connectivity index (χ3n) is 2.41. The highest BCUT2D eigenvalue weighted by Gasteiger charge is 2.02. The van der Waals surface area contributed by atoms with E-state index in [1.54, 1.807) is 0 Å². The zero-order valence-electron chi connectivity index (χ0n) is 8.51. The Morgan fingerprint density at radius 1 is 0.929 bits per heavy atom. The molecule has 0 saturated carbocycles. The molecule has 0 N–H and O–H groups in total. The lowest BCUT2D eigenvalue weighted by Crippen LogP contribution is -2.03. The van der Waals surface area contributed by atoms with Gasteiger partial charge in [0.1, 0.15) is 11.6 Å². The summed E-state index contributed by atoms with van der Waals surface area (Å²) in [7, 11) is 4.03. The molecular formula is C10H14N4. The quantitative estimate of drug-likeness (QED) is 0.722. The van der Waals surface area contributed by atoms with E-state index in [9.17, 15) is 0 Å². The second kappa shape index (κ2) is 3.65. The summed E-state index contributed by atoms with van der Waals surface area (Å²) < 4.78 is 4.09. The van der Waals surface area contributed by atoms with Crippen molar-refractivity contribution in [3.63, 3.8) is 0 Å². The van der Waals surface area contributed by atoms with Crippen molar-refractivity contribution in [1.82, 2.24) is 19.1 Å². The Morgan fingerprint density at radius 3 is 1.64 bits per heavy atom. The molecule has 0 aromatic carbocycles. The molecule has 0 fully saturated rings. The number of hydrogen-bond acceptors (Lipinski definition) is 2. The number of aromatic nitrogens is 4. The predicted octanol–water partition coefficient (Wildman–Crippen LogP) is 0.939. The zero-order valence-corrected chi connectivity index (χ0v) is 8.51. The van der Waals surface area contributed by atoms with Gasteiger partial charge in [0.15, 0.2) is 0 Å². The van der Waals surface area contributed by atoms with Gasteiger partial charge < -0.3 is 9.13 Å². The molecule has 0 radical (unpaired) electrons. The van der Waals surface area contributed by atoms with Gasteiger partial charge in [-0.2, -0.15) is 0 Å². The van der Waals surface area contributed by atoms with Crippen LogP contribution in [0.2, 0.25) is 0 Å². The second-order valence-corrected chi connectivity index (χ2v) is 3.41. The van der Waals surface area contributed by atoms with Gasteiger partial charge in [0.25, 0.3) is 0 Å². The fraction of sp³-hybridized carbons (Fsp3) is 0.400. The van der Waals surface area contributed by atoms with Crippen LogP contribution in [-0.2, 0) is 26.9 Å². The van der Waals surface area contributed by atoms with Gasteiger partial charge in [-0.25, -0.2) is 9.97 Å². The normalized spacial score (nSPS) is 10.7. The van der Waals surface area contributed by atoms with Crippen molar-refractivity contribution in [3.8, 4) is 0 Å². The Bertz CT molecular complexity index is 373. The van der Waals surface area contributed by atoms with E-state index in [1.165, 1.54) is 0 Å². The molecule has 2 aromatic rings. The molecule has 14 heavy (non-hydrogen) atoms. The summed E-state index contributed by atoms with van der Waals surface area (Å²) in [6, 6.07) is 0. The van der Waals surface area contributed by atoms with Gasteiger partial charge >= 0.3 is 0 Å². The first kappa shape index (κ1) is 8.99. The summed E-state index contributed by atoms with van der Waals surface area (Å²) in [5.41, 5.74) is 0. The Balaban J connectivity index is 2.02. The third kappa shape index (κ3) is 1.69. The van der Waals surface area contributed by atoms with Crippen molar-refractivity contribution >= 4 is 0 Å². The van der Waals surface area contributed by atoms with Crippen LogP contribution in [-0.4, -0.2) is 19.1 Å². The molecule has 2 rings (SSSR count). The minimum Gasteiger partial charge on any atom is -0.338 e. The van der Waals surface area contributed by atoms with Crippen molar-refractivity contribution in [3.05, 3.63) is 36.4 Å². The fourth-order valence-corrected chi connectivity index (χ4v) is 1.50. The maximum absolute atomic E-state index is 4.27. The van der Waals surface area contributed by atoms with Gasteiger partial charge in [0, 0.05) is 51.7 Å². The number of aryl methyl sites for hydroxylation is 4. The zero-order chi connectivity index (χ0) is 9.97. The van der Waals surface area contributed by atoms with E-state index in [2.05, 4.69) is 9.97 Å². The van der Waals surface area contributed by atoms with Gasteiger partial charge in [-0.3, -0.25) is 0 Å². The van der Waals surface area contributed by atoms with E-state index in [0.29, 0.717) is 0 Å². The monoisotopic (exact) mass is 190 g/mol. The first-order valence-electron chi connectivity index (χ1n) is 4.70. The highest BCUT2D eigenvalue weighted by Crippen LogP contribution is 2.02. The molecule has 4 nitrogen and oxygen atoms in total. The fourth-order valence-electron chi connectivity index (χ4n) is 1.50. The van der Waals surface area contributed by atoms with Crippen LogP contribution in [0.25, 0.3) is 0 Å². The van der Waals surface area contributed by atoms with E-state index >= 15 is 0 Å². The summed E-state index contributed by atoms with van der Waals surface area (Å²) >= 11 is 0. The number of hydrogen-bond donors (Lipinski definition) is 0. The highest BCUT2D eigenvalue weighted by atomic mass is 15.0. The van der Waals surface area contributed by atoms with Crippen LogP contribution in [0.1, 0.15) is 11.6 Å². The van der Waals surface area contributed by atoms with E-state index in [1.807, 2.05) is 48.0 Å². The molecule has 0 spiro atoms. The Kier molecular flexibility index (Phi) is 2.35. The molecule has 0 aliphatic carbocycles. The molecule has 0 amide bonds. The average Bonchev–Trinajstić information content (AvgIpc) is 2.72. The lowest BCUT2D eigenvalue weighted by Gasteiger charge is -2.02. The smallest absolute Gasteiger partial charge is 0.108 e. The van der Waals surface area contributed by atoms with Crippen molar-refractivity contribution < 1.29 is 0 Å². The largest absolute Gasteiger partial charge is 0.338 e. The molecular weight excluding hydrogens is 176 g/mol. The summed E-state index contributed by atoms with van der Waals surface area (Å²) in [6.07, 6.45) is 9.46. The Hall–Kier alpha value is -1.58. The van der Waals surface area contributed by atoms with Crippen molar-refractivity contribution in [1.29, 1.82) is 0 Å². The van der Waals surface area contributed by atoms with Crippen molar-refractivity contribution in [2.24, 2.45) is 14.1 Å². The molecule has 0 saturated heterocycles. The molecule has 74 valence electrons. The van der Waals surface area contributed by atoms with Crippen LogP contribution in [0.3, 0.4) is 0 Å². The lowest BCUT2D eigenvalue weighted by atomic mass is 10.3. The minimum atomic E-state index is 0.939. The standard InChI is InChI=1S/C10H14N4/c1-13-7-5-11-9(13)3-4-10-12-6-8-14(10)2/h5-8H,3-4H2,1-2H3. The second-order valence-electron chi connectivity index (χ2n) is 3.41. The average molecular weight is 190 g/mol. The number of imidazole rings is 2. The van der Waals surface area contributed by atoms with E-state index in [0.717, 1.165) is 24.5 Å². The first-order chi connectivity index (χ1) is 6.77. The van der Waals surface area contributed by atoms with Crippen LogP contribution in [0.4, 0.5) is 0 Å². The Labute approximate surface area is 83.2 Å². The number of rotatable bonds is 3. The topological polar surface area (TPSA) is 35.6 Å². The van der Waals surface area contributed by atoms with Crippen LogP contribution >= 0.6 is 0 Å². The van der Waals surface area contributed by atoms with Gasteiger partial charge in [-0.15, -0.1) is 0 Å².